The van der Waals surface area contributed by atoms with Crippen LogP contribution in [0.2, 0.25) is 0 Å². The van der Waals surface area contributed by atoms with Gasteiger partial charge in [0, 0.05) is 19.1 Å². The van der Waals surface area contributed by atoms with Crippen LogP contribution in [0.3, 0.4) is 0 Å². The molecule has 1 saturated heterocycles. The highest BCUT2D eigenvalue weighted by Crippen LogP contribution is 2.32. The molecule has 1 fully saturated rings. The topological polar surface area (TPSA) is 71.2 Å². The summed E-state index contributed by atoms with van der Waals surface area (Å²) in [6.07, 6.45) is 3.44. The molecule has 0 saturated carbocycles. The van der Waals surface area contributed by atoms with Gasteiger partial charge in [0.15, 0.2) is 5.16 Å². The van der Waals surface area contributed by atoms with Crippen LogP contribution in [0.25, 0.3) is 0 Å². The predicted octanol–water partition coefficient (Wildman–Crippen LogP) is 1.76. The van der Waals surface area contributed by atoms with E-state index in [4.69, 9.17) is 5.11 Å². The fraction of sp³-hybridized carbons (Fsp3) is 0.750. The van der Waals surface area contributed by atoms with Gasteiger partial charge in [0.05, 0.1) is 5.75 Å². The van der Waals surface area contributed by atoms with Crippen LogP contribution < -0.4 is 4.90 Å². The van der Waals surface area contributed by atoms with Crippen LogP contribution in [0, 0.1) is 0 Å². The first-order valence-corrected chi connectivity index (χ1v) is 7.55. The zero-order valence-electron chi connectivity index (χ0n) is 11.5. The minimum absolute atomic E-state index is 0.0126. The Labute approximate surface area is 117 Å². The van der Waals surface area contributed by atoms with Crippen molar-refractivity contribution in [3.8, 4) is 0 Å². The molecular weight excluding hydrogens is 264 g/mol. The van der Waals surface area contributed by atoms with E-state index in [2.05, 4.69) is 28.9 Å². The summed E-state index contributed by atoms with van der Waals surface area (Å²) in [4.78, 5) is 12.9. The van der Waals surface area contributed by atoms with Gasteiger partial charge in [-0.1, -0.05) is 18.7 Å². The van der Waals surface area contributed by atoms with Crippen molar-refractivity contribution >= 4 is 23.7 Å². The lowest BCUT2D eigenvalue weighted by Crippen LogP contribution is -2.36. The molecule has 2 atom stereocenters. The first-order chi connectivity index (χ1) is 9.04. The highest BCUT2D eigenvalue weighted by atomic mass is 32.2. The first kappa shape index (κ1) is 14.2. The maximum Gasteiger partial charge on any atom is 0.313 e. The van der Waals surface area contributed by atoms with Gasteiger partial charge in [0.2, 0.25) is 5.95 Å². The maximum absolute atomic E-state index is 10.6. The number of hydrogen-bond acceptors (Lipinski definition) is 5. The molecule has 2 heterocycles. The van der Waals surface area contributed by atoms with Crippen LogP contribution in [0.15, 0.2) is 5.16 Å². The summed E-state index contributed by atoms with van der Waals surface area (Å²) >= 11 is 1.21. The first-order valence-electron chi connectivity index (χ1n) is 6.56. The molecule has 7 heteroatoms. The van der Waals surface area contributed by atoms with Crippen LogP contribution in [0.5, 0.6) is 0 Å². The van der Waals surface area contributed by atoms with Crippen LogP contribution in [-0.4, -0.2) is 43.7 Å². The molecule has 106 valence electrons. The lowest BCUT2D eigenvalue weighted by Gasteiger charge is -2.28. The van der Waals surface area contributed by atoms with E-state index in [0.29, 0.717) is 17.2 Å². The molecule has 0 aliphatic carbocycles. The van der Waals surface area contributed by atoms with Gasteiger partial charge in [-0.25, -0.2) is 0 Å². The van der Waals surface area contributed by atoms with E-state index < -0.39 is 5.97 Å². The number of thioether (sulfide) groups is 1. The third-order valence-electron chi connectivity index (χ3n) is 3.62. The maximum atomic E-state index is 10.6. The molecule has 1 aliphatic heterocycles. The second-order valence-electron chi connectivity index (χ2n) is 4.92. The smallest absolute Gasteiger partial charge is 0.313 e. The molecule has 1 aliphatic rings. The summed E-state index contributed by atoms with van der Waals surface area (Å²) in [5, 5.41) is 17.7. The average Bonchev–Trinajstić information content (AvgIpc) is 2.90. The van der Waals surface area contributed by atoms with Crippen molar-refractivity contribution < 1.29 is 9.90 Å². The summed E-state index contributed by atoms with van der Waals surface area (Å²) in [5.74, 6) is 0.0268. The standard InChI is InChI=1S/C12H20N4O2S/c1-4-9-6-5-8(2)16(9)11-13-14-12(15(11)3)19-7-10(17)18/h8-9H,4-7H2,1-3H3,(H,17,18). The van der Waals surface area contributed by atoms with Crippen molar-refractivity contribution in [2.75, 3.05) is 10.7 Å². The SMILES string of the molecule is CCC1CCC(C)N1c1nnc(SCC(=O)O)n1C. The number of carboxylic acid groups (broad SMARTS) is 1. The van der Waals surface area contributed by atoms with Crippen LogP contribution in [0.4, 0.5) is 5.95 Å². The zero-order valence-corrected chi connectivity index (χ0v) is 12.4. The molecule has 1 N–H and O–H groups in total. The van der Waals surface area contributed by atoms with Crippen molar-refractivity contribution in [1.82, 2.24) is 14.8 Å². The minimum atomic E-state index is -0.837. The van der Waals surface area contributed by atoms with Crippen molar-refractivity contribution in [3.63, 3.8) is 0 Å². The normalized spacial score (nSPS) is 23.0. The van der Waals surface area contributed by atoms with E-state index in [9.17, 15) is 4.79 Å². The Morgan fingerprint density at radius 3 is 2.84 bits per heavy atom. The van der Waals surface area contributed by atoms with Crippen molar-refractivity contribution in [2.24, 2.45) is 7.05 Å². The summed E-state index contributed by atoms with van der Waals surface area (Å²) < 4.78 is 1.90. The molecule has 6 nitrogen and oxygen atoms in total. The zero-order chi connectivity index (χ0) is 14.0. The van der Waals surface area contributed by atoms with E-state index in [0.717, 1.165) is 12.4 Å². The Morgan fingerprint density at radius 2 is 2.21 bits per heavy atom. The van der Waals surface area contributed by atoms with Gasteiger partial charge in [-0.05, 0) is 26.2 Å². The highest BCUT2D eigenvalue weighted by Gasteiger charge is 2.32. The Morgan fingerprint density at radius 1 is 1.47 bits per heavy atom. The van der Waals surface area contributed by atoms with Gasteiger partial charge in [0.1, 0.15) is 0 Å². The predicted molar refractivity (Wildman–Crippen MR) is 74.6 cm³/mol. The number of aromatic nitrogens is 3. The molecule has 1 aromatic rings. The molecule has 0 radical (unpaired) electrons. The average molecular weight is 284 g/mol. The number of carboxylic acids is 1. The number of anilines is 1. The molecule has 2 unspecified atom stereocenters. The quantitative estimate of drug-likeness (QED) is 0.831. The van der Waals surface area contributed by atoms with E-state index in [1.165, 1.54) is 24.6 Å². The molecule has 0 amide bonds. The second-order valence-corrected chi connectivity index (χ2v) is 5.86. The van der Waals surface area contributed by atoms with E-state index in [-0.39, 0.29) is 5.75 Å². The number of aliphatic carboxylic acids is 1. The van der Waals surface area contributed by atoms with Gasteiger partial charge in [-0.3, -0.25) is 9.36 Å². The largest absolute Gasteiger partial charge is 0.481 e. The number of hydrogen-bond donors (Lipinski definition) is 1. The van der Waals surface area contributed by atoms with Crippen LogP contribution in [-0.2, 0) is 11.8 Å². The fourth-order valence-electron chi connectivity index (χ4n) is 2.62. The van der Waals surface area contributed by atoms with Gasteiger partial charge < -0.3 is 10.0 Å². The summed E-state index contributed by atoms with van der Waals surface area (Å²) in [6.45, 7) is 4.39. The molecule has 0 aromatic carbocycles. The molecule has 2 rings (SSSR count). The third-order valence-corrected chi connectivity index (χ3v) is 4.63. The summed E-state index contributed by atoms with van der Waals surface area (Å²) in [5.41, 5.74) is 0. The van der Waals surface area contributed by atoms with Crippen LogP contribution in [0.1, 0.15) is 33.1 Å². The Balaban J connectivity index is 2.18. The molecular formula is C12H20N4O2S. The van der Waals surface area contributed by atoms with Crippen molar-refractivity contribution in [3.05, 3.63) is 0 Å². The Hall–Kier alpha value is -1.24. The molecule has 19 heavy (non-hydrogen) atoms. The monoisotopic (exact) mass is 284 g/mol. The van der Waals surface area contributed by atoms with Crippen molar-refractivity contribution in [1.29, 1.82) is 0 Å². The van der Waals surface area contributed by atoms with Gasteiger partial charge in [-0.2, -0.15) is 0 Å². The second kappa shape index (κ2) is 5.81. The van der Waals surface area contributed by atoms with Gasteiger partial charge in [0.25, 0.3) is 0 Å². The van der Waals surface area contributed by atoms with E-state index in [1.54, 1.807) is 0 Å². The number of nitrogens with zero attached hydrogens (tertiary/aromatic N) is 4. The summed E-state index contributed by atoms with van der Waals surface area (Å²) in [6, 6.07) is 0.973. The Kier molecular flexibility index (Phi) is 4.34. The van der Waals surface area contributed by atoms with Crippen molar-refractivity contribution in [2.45, 2.75) is 50.4 Å². The molecule has 0 bridgehead atoms. The van der Waals surface area contributed by atoms with E-state index in [1.807, 2.05) is 11.6 Å². The number of rotatable bonds is 5. The molecule has 1 aromatic heterocycles. The lowest BCUT2D eigenvalue weighted by atomic mass is 10.2. The fourth-order valence-corrected chi connectivity index (χ4v) is 3.24. The summed E-state index contributed by atoms with van der Waals surface area (Å²) in [7, 11) is 1.90. The van der Waals surface area contributed by atoms with Crippen LogP contribution >= 0.6 is 11.8 Å². The number of carbonyl (C=O) groups is 1. The highest BCUT2D eigenvalue weighted by molar-refractivity contribution is 7.99. The Bertz CT molecular complexity index is 463. The minimum Gasteiger partial charge on any atom is -0.481 e. The van der Waals surface area contributed by atoms with Gasteiger partial charge in [-0.15, -0.1) is 10.2 Å². The van der Waals surface area contributed by atoms with E-state index >= 15 is 0 Å². The lowest BCUT2D eigenvalue weighted by molar-refractivity contribution is -0.133. The molecule has 0 spiro atoms. The van der Waals surface area contributed by atoms with Gasteiger partial charge >= 0.3 is 5.97 Å². The third kappa shape index (κ3) is 2.86.